The average molecular weight is 234 g/mol. The molecule has 0 aromatic heterocycles. The summed E-state index contributed by atoms with van der Waals surface area (Å²) in [5.74, 6) is -0.611. The summed E-state index contributed by atoms with van der Waals surface area (Å²) >= 11 is 0. The Morgan fingerprint density at radius 2 is 1.76 bits per heavy atom. The van der Waals surface area contributed by atoms with Crippen molar-refractivity contribution in [3.63, 3.8) is 0 Å². The average Bonchev–Trinajstić information content (AvgIpc) is 2.62. The van der Waals surface area contributed by atoms with Gasteiger partial charge >= 0.3 is 0 Å². The second-order valence-electron chi connectivity index (χ2n) is 5.97. The van der Waals surface area contributed by atoms with Crippen LogP contribution in [0, 0.1) is 12.3 Å². The van der Waals surface area contributed by atoms with E-state index in [9.17, 15) is 0 Å². The fourth-order valence-corrected chi connectivity index (χ4v) is 2.34. The third-order valence-corrected chi connectivity index (χ3v) is 3.31. The summed E-state index contributed by atoms with van der Waals surface area (Å²) in [6.45, 7) is 11.3. The molecule has 1 aromatic carbocycles. The summed E-state index contributed by atoms with van der Waals surface area (Å²) in [6.07, 6.45) is 0.149. The molecule has 1 aliphatic rings. The predicted molar refractivity (Wildman–Crippen MR) is 68.8 cm³/mol. The standard InChI is InChI=1S/C15H22O2/c1-11-6-8-13(9-7-11)15(14(3,4)5)16-10-12(2)17-15/h6-9,12H,10H2,1-5H3. The normalized spacial score (nSPS) is 29.6. The summed E-state index contributed by atoms with van der Waals surface area (Å²) in [7, 11) is 0. The van der Waals surface area contributed by atoms with Crippen molar-refractivity contribution < 1.29 is 9.47 Å². The monoisotopic (exact) mass is 234 g/mol. The molecule has 0 spiro atoms. The van der Waals surface area contributed by atoms with Crippen LogP contribution >= 0.6 is 0 Å². The lowest BCUT2D eigenvalue weighted by Crippen LogP contribution is -2.41. The highest BCUT2D eigenvalue weighted by Crippen LogP contribution is 2.47. The van der Waals surface area contributed by atoms with Crippen LogP contribution in [-0.2, 0) is 15.3 Å². The van der Waals surface area contributed by atoms with Gasteiger partial charge in [0.15, 0.2) is 5.79 Å². The lowest BCUT2D eigenvalue weighted by Gasteiger charge is -2.40. The molecular weight excluding hydrogens is 212 g/mol. The smallest absolute Gasteiger partial charge is 0.200 e. The van der Waals surface area contributed by atoms with E-state index in [0.29, 0.717) is 6.61 Å². The van der Waals surface area contributed by atoms with Crippen LogP contribution in [0.15, 0.2) is 24.3 Å². The molecule has 1 heterocycles. The predicted octanol–water partition coefficient (Wildman–Crippen LogP) is 3.63. The third-order valence-electron chi connectivity index (χ3n) is 3.31. The molecule has 0 radical (unpaired) electrons. The molecule has 2 nitrogen and oxygen atoms in total. The number of hydrogen-bond acceptors (Lipinski definition) is 2. The molecule has 0 bridgehead atoms. The second kappa shape index (κ2) is 4.11. The Hall–Kier alpha value is -0.860. The highest BCUT2D eigenvalue weighted by atomic mass is 16.7. The molecule has 2 heteroatoms. The first-order chi connectivity index (χ1) is 7.85. The van der Waals surface area contributed by atoms with Crippen LogP contribution in [0.4, 0.5) is 0 Å². The quantitative estimate of drug-likeness (QED) is 0.738. The summed E-state index contributed by atoms with van der Waals surface area (Å²) < 4.78 is 12.1. The van der Waals surface area contributed by atoms with Gasteiger partial charge in [0.05, 0.1) is 12.7 Å². The minimum atomic E-state index is -0.611. The first kappa shape index (κ1) is 12.6. The van der Waals surface area contributed by atoms with E-state index in [2.05, 4.69) is 58.9 Å². The van der Waals surface area contributed by atoms with Gasteiger partial charge in [0.1, 0.15) is 0 Å². The Morgan fingerprint density at radius 3 is 2.18 bits per heavy atom. The van der Waals surface area contributed by atoms with Crippen LogP contribution in [0.1, 0.15) is 38.8 Å². The molecule has 94 valence electrons. The molecule has 2 rings (SSSR count). The zero-order chi connectivity index (χ0) is 12.7. The van der Waals surface area contributed by atoms with Crippen molar-refractivity contribution in [1.29, 1.82) is 0 Å². The zero-order valence-electron chi connectivity index (χ0n) is 11.4. The lowest BCUT2D eigenvalue weighted by atomic mass is 9.80. The maximum Gasteiger partial charge on any atom is 0.200 e. The summed E-state index contributed by atoms with van der Waals surface area (Å²) in [4.78, 5) is 0. The minimum absolute atomic E-state index is 0.0903. The van der Waals surface area contributed by atoms with Crippen molar-refractivity contribution in [3.8, 4) is 0 Å². The molecule has 1 aromatic rings. The van der Waals surface area contributed by atoms with E-state index in [1.54, 1.807) is 0 Å². The Morgan fingerprint density at radius 1 is 1.18 bits per heavy atom. The van der Waals surface area contributed by atoms with E-state index in [-0.39, 0.29) is 11.5 Å². The lowest BCUT2D eigenvalue weighted by molar-refractivity contribution is -0.240. The largest absolute Gasteiger partial charge is 0.343 e. The molecule has 2 unspecified atom stereocenters. The van der Waals surface area contributed by atoms with E-state index in [4.69, 9.17) is 9.47 Å². The van der Waals surface area contributed by atoms with Gasteiger partial charge in [-0.1, -0.05) is 50.6 Å². The van der Waals surface area contributed by atoms with Gasteiger partial charge in [0.2, 0.25) is 0 Å². The zero-order valence-corrected chi connectivity index (χ0v) is 11.4. The summed E-state index contributed by atoms with van der Waals surface area (Å²) in [6, 6.07) is 8.44. The number of ether oxygens (including phenoxy) is 2. The molecule has 2 atom stereocenters. The first-order valence-electron chi connectivity index (χ1n) is 6.24. The maximum absolute atomic E-state index is 6.12. The highest BCUT2D eigenvalue weighted by molar-refractivity contribution is 5.27. The molecule has 0 amide bonds. The molecule has 1 saturated heterocycles. The van der Waals surface area contributed by atoms with Crippen molar-refractivity contribution in [3.05, 3.63) is 35.4 Å². The van der Waals surface area contributed by atoms with Crippen molar-refractivity contribution in [2.24, 2.45) is 5.41 Å². The van der Waals surface area contributed by atoms with E-state index >= 15 is 0 Å². The van der Waals surface area contributed by atoms with Crippen molar-refractivity contribution in [1.82, 2.24) is 0 Å². The van der Waals surface area contributed by atoms with Crippen LogP contribution in [0.5, 0.6) is 0 Å². The maximum atomic E-state index is 6.12. The van der Waals surface area contributed by atoms with Crippen molar-refractivity contribution in [2.45, 2.75) is 46.5 Å². The van der Waals surface area contributed by atoms with E-state index in [1.165, 1.54) is 5.56 Å². The summed E-state index contributed by atoms with van der Waals surface area (Å²) in [5, 5.41) is 0. The Bertz CT molecular complexity index is 388. The summed E-state index contributed by atoms with van der Waals surface area (Å²) in [5.41, 5.74) is 2.27. The van der Waals surface area contributed by atoms with Crippen LogP contribution < -0.4 is 0 Å². The second-order valence-corrected chi connectivity index (χ2v) is 5.97. The third kappa shape index (κ3) is 2.12. The number of rotatable bonds is 1. The van der Waals surface area contributed by atoms with E-state index in [0.717, 1.165) is 5.56 Å². The SMILES string of the molecule is Cc1ccc(C2(C(C)(C)C)OCC(C)O2)cc1. The van der Waals surface area contributed by atoms with Crippen LogP contribution in [0.2, 0.25) is 0 Å². The number of aryl methyl sites for hydroxylation is 1. The van der Waals surface area contributed by atoms with Gasteiger partial charge in [0, 0.05) is 11.0 Å². The van der Waals surface area contributed by atoms with Gasteiger partial charge in [-0.05, 0) is 13.8 Å². The van der Waals surface area contributed by atoms with Gasteiger partial charge in [-0.3, -0.25) is 0 Å². The molecule has 0 aliphatic carbocycles. The number of hydrogen-bond donors (Lipinski definition) is 0. The van der Waals surface area contributed by atoms with Crippen LogP contribution in [0.25, 0.3) is 0 Å². The molecule has 0 saturated carbocycles. The molecule has 1 aliphatic heterocycles. The van der Waals surface area contributed by atoms with E-state index < -0.39 is 5.79 Å². The van der Waals surface area contributed by atoms with Crippen molar-refractivity contribution in [2.75, 3.05) is 6.61 Å². The minimum Gasteiger partial charge on any atom is -0.343 e. The molecular formula is C15H22O2. The fraction of sp³-hybridized carbons (Fsp3) is 0.600. The van der Waals surface area contributed by atoms with Crippen molar-refractivity contribution >= 4 is 0 Å². The van der Waals surface area contributed by atoms with Crippen LogP contribution in [0.3, 0.4) is 0 Å². The molecule has 0 N–H and O–H groups in total. The Kier molecular flexibility index (Phi) is 3.04. The Labute approximate surface area is 104 Å². The Balaban J connectivity index is 2.45. The van der Waals surface area contributed by atoms with Gasteiger partial charge in [0.25, 0.3) is 0 Å². The van der Waals surface area contributed by atoms with Gasteiger partial charge in [-0.25, -0.2) is 0 Å². The van der Waals surface area contributed by atoms with Crippen LogP contribution in [-0.4, -0.2) is 12.7 Å². The highest BCUT2D eigenvalue weighted by Gasteiger charge is 2.50. The first-order valence-corrected chi connectivity index (χ1v) is 6.24. The van der Waals surface area contributed by atoms with Gasteiger partial charge in [-0.2, -0.15) is 0 Å². The van der Waals surface area contributed by atoms with Gasteiger partial charge in [-0.15, -0.1) is 0 Å². The number of benzene rings is 1. The topological polar surface area (TPSA) is 18.5 Å². The molecule has 17 heavy (non-hydrogen) atoms. The molecule has 1 fully saturated rings. The van der Waals surface area contributed by atoms with E-state index in [1.807, 2.05) is 0 Å². The fourth-order valence-electron chi connectivity index (χ4n) is 2.34. The van der Waals surface area contributed by atoms with Gasteiger partial charge < -0.3 is 9.47 Å².